The average Bonchev–Trinajstić information content (AvgIpc) is 2.36. The number of aryl methyl sites for hydroxylation is 2. The van der Waals surface area contributed by atoms with E-state index in [0.717, 1.165) is 12.8 Å². The molecule has 3 nitrogen and oxygen atoms in total. The summed E-state index contributed by atoms with van der Waals surface area (Å²) in [6, 6.07) is 8.38. The molecule has 1 aromatic rings. The number of likely N-dealkylation sites (N-methyl/N-ethyl adjacent to an activating group) is 1. The molecule has 1 aromatic carbocycles. The van der Waals surface area contributed by atoms with Crippen LogP contribution in [0.5, 0.6) is 0 Å². The van der Waals surface area contributed by atoms with Crippen molar-refractivity contribution in [2.75, 3.05) is 20.2 Å². The van der Waals surface area contributed by atoms with Crippen molar-refractivity contribution in [2.24, 2.45) is 0 Å². The molecule has 1 N–H and O–H groups in total. The standard InChI is InChI=1S/C14H21NO2/c1-3-12-4-6-13(7-5-12)8-9-14(17)15(2)10-11-16/h4-7,16H,3,8-11H2,1-2H3. The van der Waals surface area contributed by atoms with E-state index in [-0.39, 0.29) is 12.5 Å². The molecule has 0 aliphatic carbocycles. The van der Waals surface area contributed by atoms with Gasteiger partial charge in [0, 0.05) is 20.0 Å². The van der Waals surface area contributed by atoms with Crippen molar-refractivity contribution in [1.82, 2.24) is 4.90 Å². The first-order chi connectivity index (χ1) is 8.17. The largest absolute Gasteiger partial charge is 0.395 e. The highest BCUT2D eigenvalue weighted by Gasteiger charge is 2.07. The van der Waals surface area contributed by atoms with Crippen LogP contribution in [0.1, 0.15) is 24.5 Å². The lowest BCUT2D eigenvalue weighted by atomic mass is 10.1. The Kier molecular flexibility index (Phi) is 5.70. The zero-order valence-electron chi connectivity index (χ0n) is 10.6. The first kappa shape index (κ1) is 13.7. The highest BCUT2D eigenvalue weighted by atomic mass is 16.3. The number of hydrogen-bond acceptors (Lipinski definition) is 2. The maximum atomic E-state index is 11.6. The molecule has 17 heavy (non-hydrogen) atoms. The van der Waals surface area contributed by atoms with Crippen LogP contribution < -0.4 is 0 Å². The fourth-order valence-electron chi connectivity index (χ4n) is 1.66. The Hall–Kier alpha value is -1.35. The van der Waals surface area contributed by atoms with Crippen molar-refractivity contribution in [2.45, 2.75) is 26.2 Å². The van der Waals surface area contributed by atoms with Gasteiger partial charge < -0.3 is 10.0 Å². The molecule has 0 radical (unpaired) electrons. The van der Waals surface area contributed by atoms with Gasteiger partial charge in [0.25, 0.3) is 0 Å². The quantitative estimate of drug-likeness (QED) is 0.814. The lowest BCUT2D eigenvalue weighted by molar-refractivity contribution is -0.130. The minimum Gasteiger partial charge on any atom is -0.395 e. The van der Waals surface area contributed by atoms with Gasteiger partial charge in [-0.05, 0) is 24.0 Å². The van der Waals surface area contributed by atoms with Gasteiger partial charge in [-0.2, -0.15) is 0 Å². The fourth-order valence-corrected chi connectivity index (χ4v) is 1.66. The molecule has 94 valence electrons. The minimum atomic E-state index is 0.0213. The van der Waals surface area contributed by atoms with Gasteiger partial charge in [-0.25, -0.2) is 0 Å². The van der Waals surface area contributed by atoms with Crippen LogP contribution in [0.4, 0.5) is 0 Å². The predicted molar refractivity (Wildman–Crippen MR) is 68.9 cm³/mol. The molecule has 1 rings (SSSR count). The summed E-state index contributed by atoms with van der Waals surface area (Å²) in [5.74, 6) is 0.0821. The summed E-state index contributed by atoms with van der Waals surface area (Å²) in [5, 5.41) is 8.73. The molecule has 0 aromatic heterocycles. The topological polar surface area (TPSA) is 40.5 Å². The van der Waals surface area contributed by atoms with Gasteiger partial charge in [-0.1, -0.05) is 31.2 Å². The Balaban J connectivity index is 2.41. The van der Waals surface area contributed by atoms with E-state index >= 15 is 0 Å². The molecule has 0 saturated heterocycles. The Morgan fingerprint density at radius 3 is 2.35 bits per heavy atom. The third kappa shape index (κ3) is 4.57. The number of hydrogen-bond donors (Lipinski definition) is 1. The third-order valence-corrected chi connectivity index (χ3v) is 2.92. The van der Waals surface area contributed by atoms with E-state index in [9.17, 15) is 4.79 Å². The number of carbonyl (C=O) groups excluding carboxylic acids is 1. The van der Waals surface area contributed by atoms with E-state index in [1.165, 1.54) is 11.1 Å². The monoisotopic (exact) mass is 235 g/mol. The van der Waals surface area contributed by atoms with Crippen molar-refractivity contribution in [3.63, 3.8) is 0 Å². The van der Waals surface area contributed by atoms with Crippen molar-refractivity contribution in [1.29, 1.82) is 0 Å². The van der Waals surface area contributed by atoms with Gasteiger partial charge in [0.05, 0.1) is 6.61 Å². The highest BCUT2D eigenvalue weighted by molar-refractivity contribution is 5.76. The van der Waals surface area contributed by atoms with E-state index in [2.05, 4.69) is 31.2 Å². The Bertz CT molecular complexity index is 346. The van der Waals surface area contributed by atoms with E-state index < -0.39 is 0 Å². The average molecular weight is 235 g/mol. The number of nitrogens with zero attached hydrogens (tertiary/aromatic N) is 1. The molecular formula is C14H21NO2. The van der Waals surface area contributed by atoms with Crippen LogP contribution in [0.2, 0.25) is 0 Å². The van der Waals surface area contributed by atoms with Crippen LogP contribution in [0.25, 0.3) is 0 Å². The zero-order chi connectivity index (χ0) is 12.7. The summed E-state index contributed by atoms with van der Waals surface area (Å²) in [4.78, 5) is 13.2. The molecule has 3 heteroatoms. The normalized spacial score (nSPS) is 10.3. The van der Waals surface area contributed by atoms with Crippen LogP contribution >= 0.6 is 0 Å². The van der Waals surface area contributed by atoms with Crippen molar-refractivity contribution in [3.8, 4) is 0 Å². The fraction of sp³-hybridized carbons (Fsp3) is 0.500. The molecule has 0 spiro atoms. The summed E-state index contributed by atoms with van der Waals surface area (Å²) in [6.45, 7) is 2.56. The third-order valence-electron chi connectivity index (χ3n) is 2.92. The van der Waals surface area contributed by atoms with E-state index in [1.54, 1.807) is 11.9 Å². The summed E-state index contributed by atoms with van der Waals surface area (Å²) in [7, 11) is 1.72. The molecule has 0 aliphatic heterocycles. The molecule has 0 bridgehead atoms. The van der Waals surface area contributed by atoms with Gasteiger partial charge in [0.2, 0.25) is 5.91 Å². The minimum absolute atomic E-state index is 0.0213. The number of aliphatic hydroxyl groups is 1. The second kappa shape index (κ2) is 7.07. The van der Waals surface area contributed by atoms with Gasteiger partial charge in [0.15, 0.2) is 0 Å². The molecule has 0 fully saturated rings. The second-order valence-electron chi connectivity index (χ2n) is 4.21. The lowest BCUT2D eigenvalue weighted by Gasteiger charge is -2.15. The Morgan fingerprint density at radius 2 is 1.82 bits per heavy atom. The van der Waals surface area contributed by atoms with Crippen LogP contribution in [0.15, 0.2) is 24.3 Å². The maximum absolute atomic E-state index is 11.6. The number of amides is 1. The zero-order valence-corrected chi connectivity index (χ0v) is 10.6. The molecule has 0 atom stereocenters. The Labute approximate surface area is 103 Å². The second-order valence-corrected chi connectivity index (χ2v) is 4.21. The molecular weight excluding hydrogens is 214 g/mol. The smallest absolute Gasteiger partial charge is 0.222 e. The van der Waals surface area contributed by atoms with Crippen molar-refractivity contribution < 1.29 is 9.90 Å². The molecule has 0 aliphatic rings. The first-order valence-corrected chi connectivity index (χ1v) is 6.10. The van der Waals surface area contributed by atoms with Gasteiger partial charge in [-0.15, -0.1) is 0 Å². The van der Waals surface area contributed by atoms with E-state index in [0.29, 0.717) is 13.0 Å². The summed E-state index contributed by atoms with van der Waals surface area (Å²) < 4.78 is 0. The highest BCUT2D eigenvalue weighted by Crippen LogP contribution is 2.08. The number of aliphatic hydroxyl groups excluding tert-OH is 1. The SMILES string of the molecule is CCc1ccc(CCC(=O)N(C)CCO)cc1. The lowest BCUT2D eigenvalue weighted by Crippen LogP contribution is -2.29. The van der Waals surface area contributed by atoms with Crippen LogP contribution in [-0.2, 0) is 17.6 Å². The van der Waals surface area contributed by atoms with Crippen molar-refractivity contribution in [3.05, 3.63) is 35.4 Å². The summed E-state index contributed by atoms with van der Waals surface area (Å²) in [5.41, 5.74) is 2.51. The van der Waals surface area contributed by atoms with Gasteiger partial charge in [0.1, 0.15) is 0 Å². The van der Waals surface area contributed by atoms with Crippen LogP contribution in [-0.4, -0.2) is 36.1 Å². The van der Waals surface area contributed by atoms with E-state index in [1.807, 2.05) is 0 Å². The van der Waals surface area contributed by atoms with Crippen molar-refractivity contribution >= 4 is 5.91 Å². The Morgan fingerprint density at radius 1 is 1.24 bits per heavy atom. The first-order valence-electron chi connectivity index (χ1n) is 6.10. The summed E-state index contributed by atoms with van der Waals surface area (Å²) in [6.07, 6.45) is 2.30. The maximum Gasteiger partial charge on any atom is 0.222 e. The number of carbonyl (C=O) groups is 1. The molecule has 0 saturated carbocycles. The van der Waals surface area contributed by atoms with Crippen LogP contribution in [0.3, 0.4) is 0 Å². The molecule has 0 heterocycles. The van der Waals surface area contributed by atoms with E-state index in [4.69, 9.17) is 5.11 Å². The number of benzene rings is 1. The van der Waals surface area contributed by atoms with Gasteiger partial charge >= 0.3 is 0 Å². The molecule has 0 unspecified atom stereocenters. The predicted octanol–water partition coefficient (Wildman–Crippen LogP) is 1.63. The van der Waals surface area contributed by atoms with Crippen LogP contribution in [0, 0.1) is 0 Å². The number of rotatable bonds is 6. The summed E-state index contributed by atoms with van der Waals surface area (Å²) >= 11 is 0. The molecule has 1 amide bonds. The van der Waals surface area contributed by atoms with Gasteiger partial charge in [-0.3, -0.25) is 4.79 Å².